The number of aliphatic hydroxyl groups excluding tert-OH is 1. The van der Waals surface area contributed by atoms with Crippen molar-refractivity contribution in [3.8, 4) is 0 Å². The second-order valence-electron chi connectivity index (χ2n) is 4.35. The Morgan fingerprint density at radius 2 is 2.31 bits per heavy atom. The van der Waals surface area contributed by atoms with Gasteiger partial charge in [-0.15, -0.1) is 0 Å². The van der Waals surface area contributed by atoms with E-state index in [-0.39, 0.29) is 24.5 Å². The highest BCUT2D eigenvalue weighted by Gasteiger charge is 2.27. The third kappa shape index (κ3) is 4.49. The van der Waals surface area contributed by atoms with Crippen LogP contribution >= 0.6 is 0 Å². The van der Waals surface area contributed by atoms with Crippen molar-refractivity contribution in [2.24, 2.45) is 5.92 Å². The van der Waals surface area contributed by atoms with E-state index in [0.29, 0.717) is 19.6 Å². The Morgan fingerprint density at radius 3 is 3.00 bits per heavy atom. The van der Waals surface area contributed by atoms with Gasteiger partial charge in [0.25, 0.3) is 0 Å². The molecule has 0 radical (unpaired) electrons. The van der Waals surface area contributed by atoms with Crippen molar-refractivity contribution in [2.75, 3.05) is 19.8 Å². The molecule has 0 aromatic heterocycles. The van der Waals surface area contributed by atoms with Crippen LogP contribution < -0.4 is 5.32 Å². The summed E-state index contributed by atoms with van der Waals surface area (Å²) in [6.07, 6.45) is 4.43. The van der Waals surface area contributed by atoms with Crippen molar-refractivity contribution in [3.63, 3.8) is 0 Å². The fourth-order valence-electron chi connectivity index (χ4n) is 2.20. The Balaban J connectivity index is 2.13. The van der Waals surface area contributed by atoms with Crippen molar-refractivity contribution in [3.05, 3.63) is 0 Å². The molecule has 1 aliphatic carbocycles. The Labute approximate surface area is 97.4 Å². The Hall–Kier alpha value is -0.610. The molecular weight excluding hydrogens is 206 g/mol. The summed E-state index contributed by atoms with van der Waals surface area (Å²) in [6.45, 7) is 3.49. The first-order chi connectivity index (χ1) is 7.77. The number of carbonyl (C=O) groups is 1. The quantitative estimate of drug-likeness (QED) is 0.642. The molecule has 4 nitrogen and oxygen atoms in total. The van der Waals surface area contributed by atoms with Gasteiger partial charge >= 0.3 is 0 Å². The van der Waals surface area contributed by atoms with Crippen LogP contribution in [0.1, 0.15) is 39.0 Å². The number of carbonyl (C=O) groups excluding carboxylic acids is 1. The molecule has 0 heterocycles. The van der Waals surface area contributed by atoms with Crippen LogP contribution in [0.3, 0.4) is 0 Å². The minimum Gasteiger partial charge on any atom is -0.396 e. The van der Waals surface area contributed by atoms with Gasteiger partial charge in [-0.3, -0.25) is 4.79 Å². The van der Waals surface area contributed by atoms with E-state index in [1.54, 1.807) is 0 Å². The van der Waals surface area contributed by atoms with Gasteiger partial charge in [-0.1, -0.05) is 6.42 Å². The zero-order valence-electron chi connectivity index (χ0n) is 10.1. The lowest BCUT2D eigenvalue weighted by atomic mass is 10.0. The van der Waals surface area contributed by atoms with Crippen molar-refractivity contribution < 1.29 is 14.6 Å². The van der Waals surface area contributed by atoms with Crippen LogP contribution in [-0.2, 0) is 9.53 Å². The number of rotatable bonds is 7. The Kier molecular flexibility index (Phi) is 6.42. The highest BCUT2D eigenvalue weighted by molar-refractivity contribution is 5.76. The monoisotopic (exact) mass is 229 g/mol. The molecule has 1 amide bonds. The number of amides is 1. The Bertz CT molecular complexity index is 208. The lowest BCUT2D eigenvalue weighted by molar-refractivity contribution is -0.122. The van der Waals surface area contributed by atoms with Crippen molar-refractivity contribution >= 4 is 5.91 Å². The molecule has 1 saturated carbocycles. The highest BCUT2D eigenvalue weighted by atomic mass is 16.5. The highest BCUT2D eigenvalue weighted by Crippen LogP contribution is 2.25. The molecule has 0 spiro atoms. The molecule has 2 unspecified atom stereocenters. The molecular formula is C12H23NO3. The average molecular weight is 229 g/mol. The van der Waals surface area contributed by atoms with Crippen LogP contribution in [0.15, 0.2) is 0 Å². The van der Waals surface area contributed by atoms with Crippen LogP contribution in [0.25, 0.3) is 0 Å². The van der Waals surface area contributed by atoms with Crippen molar-refractivity contribution in [2.45, 2.75) is 45.1 Å². The minimum absolute atomic E-state index is 0.0880. The Morgan fingerprint density at radius 1 is 1.50 bits per heavy atom. The summed E-state index contributed by atoms with van der Waals surface area (Å²) in [7, 11) is 0. The number of hydrogen-bond acceptors (Lipinski definition) is 3. The predicted octanol–water partition coefficient (Wildman–Crippen LogP) is 1.08. The minimum atomic E-state index is 0.0880. The summed E-state index contributed by atoms with van der Waals surface area (Å²) < 4.78 is 5.18. The third-order valence-corrected chi connectivity index (χ3v) is 3.14. The molecule has 1 fully saturated rings. The van der Waals surface area contributed by atoms with E-state index < -0.39 is 0 Å². The molecule has 2 N–H and O–H groups in total. The van der Waals surface area contributed by atoms with Gasteiger partial charge in [0.05, 0.1) is 0 Å². The summed E-state index contributed by atoms with van der Waals surface area (Å²) >= 11 is 0. The van der Waals surface area contributed by atoms with Crippen LogP contribution in [0.5, 0.6) is 0 Å². The maximum absolute atomic E-state index is 11.6. The first-order valence-corrected chi connectivity index (χ1v) is 6.26. The van der Waals surface area contributed by atoms with Gasteiger partial charge in [-0.2, -0.15) is 0 Å². The van der Waals surface area contributed by atoms with Crippen LogP contribution in [0.4, 0.5) is 0 Å². The molecule has 1 aliphatic rings. The van der Waals surface area contributed by atoms with E-state index in [2.05, 4.69) is 5.32 Å². The number of nitrogens with one attached hydrogen (secondary N) is 1. The van der Waals surface area contributed by atoms with Gasteiger partial charge < -0.3 is 15.2 Å². The zero-order valence-corrected chi connectivity index (χ0v) is 10.1. The van der Waals surface area contributed by atoms with Crippen molar-refractivity contribution in [1.29, 1.82) is 0 Å². The fourth-order valence-corrected chi connectivity index (χ4v) is 2.20. The molecule has 1 rings (SSSR count). The second-order valence-corrected chi connectivity index (χ2v) is 4.35. The predicted molar refractivity (Wildman–Crippen MR) is 62.1 cm³/mol. The first-order valence-electron chi connectivity index (χ1n) is 6.26. The maximum Gasteiger partial charge on any atom is 0.220 e. The molecule has 94 valence electrons. The summed E-state index contributed by atoms with van der Waals surface area (Å²) in [5, 5.41) is 12.1. The largest absolute Gasteiger partial charge is 0.396 e. The smallest absolute Gasteiger partial charge is 0.220 e. The number of aliphatic hydroxyl groups is 1. The average Bonchev–Trinajstić information content (AvgIpc) is 2.71. The van der Waals surface area contributed by atoms with Crippen LogP contribution in [-0.4, -0.2) is 36.9 Å². The molecule has 4 heteroatoms. The van der Waals surface area contributed by atoms with Crippen LogP contribution in [0, 0.1) is 5.92 Å². The molecule has 0 aliphatic heterocycles. The summed E-state index contributed by atoms with van der Waals surface area (Å²) in [5.74, 6) is 0.348. The van der Waals surface area contributed by atoms with E-state index in [1.807, 2.05) is 6.92 Å². The van der Waals surface area contributed by atoms with E-state index in [4.69, 9.17) is 9.84 Å². The second kappa shape index (κ2) is 7.63. The molecule has 2 atom stereocenters. The molecule has 0 bridgehead atoms. The summed E-state index contributed by atoms with van der Waals surface area (Å²) in [6, 6.07) is 0.185. The summed E-state index contributed by atoms with van der Waals surface area (Å²) in [5.41, 5.74) is 0. The molecule has 0 aromatic rings. The molecule has 16 heavy (non-hydrogen) atoms. The standard InChI is InChI=1S/C12H23NO3/c1-2-16-8-4-7-12(15)13-11-6-3-5-10(11)9-14/h10-11,14H,2-9H2,1H3,(H,13,15). The zero-order chi connectivity index (χ0) is 11.8. The van der Waals surface area contributed by atoms with Crippen molar-refractivity contribution in [1.82, 2.24) is 5.32 Å². The lowest BCUT2D eigenvalue weighted by Crippen LogP contribution is -2.38. The van der Waals surface area contributed by atoms with Crippen LogP contribution in [0.2, 0.25) is 0 Å². The summed E-state index contributed by atoms with van der Waals surface area (Å²) in [4.78, 5) is 11.6. The normalized spacial score (nSPS) is 24.6. The fraction of sp³-hybridized carbons (Fsp3) is 0.917. The molecule has 0 saturated heterocycles. The van der Waals surface area contributed by atoms with Gasteiger partial charge in [0.1, 0.15) is 0 Å². The van der Waals surface area contributed by atoms with E-state index in [1.165, 1.54) is 0 Å². The third-order valence-electron chi connectivity index (χ3n) is 3.14. The lowest BCUT2D eigenvalue weighted by Gasteiger charge is -2.18. The first kappa shape index (κ1) is 13.5. The number of hydrogen-bond donors (Lipinski definition) is 2. The molecule has 0 aromatic carbocycles. The number of ether oxygens (including phenoxy) is 1. The SMILES string of the molecule is CCOCCCC(=O)NC1CCCC1CO. The topological polar surface area (TPSA) is 58.6 Å². The van der Waals surface area contributed by atoms with E-state index in [9.17, 15) is 4.79 Å². The maximum atomic E-state index is 11.6. The van der Waals surface area contributed by atoms with Gasteiger partial charge in [-0.05, 0) is 26.2 Å². The van der Waals surface area contributed by atoms with Gasteiger partial charge in [0.15, 0.2) is 0 Å². The van der Waals surface area contributed by atoms with Gasteiger partial charge in [-0.25, -0.2) is 0 Å². The van der Waals surface area contributed by atoms with E-state index >= 15 is 0 Å². The van der Waals surface area contributed by atoms with Gasteiger partial charge in [0, 0.05) is 38.2 Å². The van der Waals surface area contributed by atoms with Gasteiger partial charge in [0.2, 0.25) is 5.91 Å². The van der Waals surface area contributed by atoms with E-state index in [0.717, 1.165) is 25.7 Å².